The second kappa shape index (κ2) is 6.39. The van der Waals surface area contributed by atoms with E-state index in [4.69, 9.17) is 0 Å². The molecule has 1 heterocycles. The number of hydrogen-bond acceptors (Lipinski definition) is 3. The third kappa shape index (κ3) is 3.81. The van der Waals surface area contributed by atoms with Crippen LogP contribution < -0.4 is 5.32 Å². The van der Waals surface area contributed by atoms with Crippen molar-refractivity contribution in [3.05, 3.63) is 58.4 Å². The molecule has 4 nitrogen and oxygen atoms in total. The first-order valence-electron chi connectivity index (χ1n) is 6.98. The quantitative estimate of drug-likeness (QED) is 0.883. The first-order chi connectivity index (χ1) is 9.97. The zero-order chi connectivity index (χ0) is 15.4. The highest BCUT2D eigenvalue weighted by atomic mass is 16.4. The summed E-state index contributed by atoms with van der Waals surface area (Å²) < 4.78 is 0. The van der Waals surface area contributed by atoms with Crippen molar-refractivity contribution in [2.75, 3.05) is 11.9 Å². The normalized spacial score (nSPS) is 10.4. The van der Waals surface area contributed by atoms with Crippen molar-refractivity contribution in [2.24, 2.45) is 0 Å². The fourth-order valence-corrected chi connectivity index (χ4v) is 2.45. The summed E-state index contributed by atoms with van der Waals surface area (Å²) in [6.45, 7) is 6.34. The largest absolute Gasteiger partial charge is 0.478 e. The van der Waals surface area contributed by atoms with Crippen LogP contribution in [-0.2, 0) is 6.42 Å². The summed E-state index contributed by atoms with van der Waals surface area (Å²) in [6.07, 6.45) is 0.848. The number of nitrogens with one attached hydrogen (secondary N) is 1. The predicted octanol–water partition coefficient (Wildman–Crippen LogP) is 3.36. The summed E-state index contributed by atoms with van der Waals surface area (Å²) in [4.78, 5) is 15.6. The molecule has 0 aliphatic heterocycles. The highest BCUT2D eigenvalue weighted by Crippen LogP contribution is 2.19. The van der Waals surface area contributed by atoms with E-state index >= 15 is 0 Å². The van der Waals surface area contributed by atoms with Crippen LogP contribution in [0.3, 0.4) is 0 Å². The number of anilines is 1. The van der Waals surface area contributed by atoms with E-state index in [1.54, 1.807) is 13.0 Å². The minimum absolute atomic E-state index is 0.254. The fourth-order valence-electron chi connectivity index (χ4n) is 2.45. The first kappa shape index (κ1) is 15.0. The molecule has 0 radical (unpaired) electrons. The predicted molar refractivity (Wildman–Crippen MR) is 84.0 cm³/mol. The number of aromatic nitrogens is 1. The number of rotatable bonds is 5. The van der Waals surface area contributed by atoms with Crippen LogP contribution >= 0.6 is 0 Å². The van der Waals surface area contributed by atoms with Gasteiger partial charge in [-0.1, -0.05) is 29.8 Å². The van der Waals surface area contributed by atoms with Gasteiger partial charge in [-0.2, -0.15) is 0 Å². The van der Waals surface area contributed by atoms with Gasteiger partial charge in [0.15, 0.2) is 0 Å². The smallest absolute Gasteiger partial charge is 0.339 e. The molecule has 0 saturated heterocycles. The maximum Gasteiger partial charge on any atom is 0.339 e. The van der Waals surface area contributed by atoms with E-state index in [2.05, 4.69) is 35.4 Å². The van der Waals surface area contributed by atoms with E-state index in [1.165, 1.54) is 11.1 Å². The van der Waals surface area contributed by atoms with Gasteiger partial charge in [0, 0.05) is 12.2 Å². The molecule has 110 valence electrons. The summed E-state index contributed by atoms with van der Waals surface area (Å²) in [5.41, 5.74) is 4.72. The molecule has 1 aromatic heterocycles. The zero-order valence-corrected chi connectivity index (χ0v) is 12.6. The van der Waals surface area contributed by atoms with E-state index in [1.807, 2.05) is 13.0 Å². The van der Waals surface area contributed by atoms with Crippen molar-refractivity contribution in [3.8, 4) is 0 Å². The summed E-state index contributed by atoms with van der Waals surface area (Å²) >= 11 is 0. The number of benzene rings is 1. The Morgan fingerprint density at radius 3 is 2.67 bits per heavy atom. The lowest BCUT2D eigenvalue weighted by atomic mass is 10.1. The second-order valence-corrected chi connectivity index (χ2v) is 5.24. The minimum Gasteiger partial charge on any atom is -0.478 e. The van der Waals surface area contributed by atoms with Gasteiger partial charge in [0.2, 0.25) is 0 Å². The average Bonchev–Trinajstić information content (AvgIpc) is 2.37. The van der Waals surface area contributed by atoms with Gasteiger partial charge in [0.05, 0.1) is 11.4 Å². The number of nitrogens with zero attached hydrogens (tertiary/aromatic N) is 1. The molecule has 2 aromatic rings. The second-order valence-electron chi connectivity index (χ2n) is 5.24. The Bertz CT molecular complexity index is 666. The van der Waals surface area contributed by atoms with Crippen molar-refractivity contribution in [1.29, 1.82) is 0 Å². The van der Waals surface area contributed by atoms with Crippen LogP contribution in [0.4, 0.5) is 5.69 Å². The molecule has 1 aromatic carbocycles. The lowest BCUT2D eigenvalue weighted by Gasteiger charge is -2.12. The third-order valence-corrected chi connectivity index (χ3v) is 3.35. The van der Waals surface area contributed by atoms with E-state index < -0.39 is 5.97 Å². The van der Waals surface area contributed by atoms with Crippen LogP contribution in [0, 0.1) is 20.8 Å². The average molecular weight is 284 g/mol. The summed E-state index contributed by atoms with van der Waals surface area (Å²) in [5.74, 6) is -0.946. The van der Waals surface area contributed by atoms with Crippen molar-refractivity contribution in [2.45, 2.75) is 27.2 Å². The van der Waals surface area contributed by atoms with Crippen LogP contribution in [0.2, 0.25) is 0 Å². The Morgan fingerprint density at radius 1 is 1.24 bits per heavy atom. The Balaban J connectivity index is 2.11. The SMILES string of the molecule is Cc1cccc(CCNc2cc(C)nc(C)c2C(=O)O)c1. The summed E-state index contributed by atoms with van der Waals surface area (Å²) in [6, 6.07) is 10.1. The van der Waals surface area contributed by atoms with Crippen molar-refractivity contribution in [1.82, 2.24) is 4.98 Å². The number of carbonyl (C=O) groups is 1. The maximum atomic E-state index is 11.4. The monoisotopic (exact) mass is 284 g/mol. The number of carboxylic acid groups (broad SMARTS) is 1. The number of aromatic carboxylic acids is 1. The topological polar surface area (TPSA) is 62.2 Å². The standard InChI is InChI=1S/C17H20N2O2/c1-11-5-4-6-14(9-11)7-8-18-15-10-12(2)19-13(3)16(15)17(20)21/h4-6,9-10H,7-8H2,1-3H3,(H,18,19)(H,20,21). The first-order valence-corrected chi connectivity index (χ1v) is 6.98. The molecular weight excluding hydrogens is 264 g/mol. The zero-order valence-electron chi connectivity index (χ0n) is 12.6. The molecular formula is C17H20N2O2. The number of pyridine rings is 1. The Hall–Kier alpha value is -2.36. The Kier molecular flexibility index (Phi) is 4.58. The van der Waals surface area contributed by atoms with Gasteiger partial charge in [0.25, 0.3) is 0 Å². The Morgan fingerprint density at radius 2 is 2.00 bits per heavy atom. The van der Waals surface area contributed by atoms with E-state index in [0.29, 0.717) is 17.9 Å². The van der Waals surface area contributed by atoms with Crippen molar-refractivity contribution in [3.63, 3.8) is 0 Å². The van der Waals surface area contributed by atoms with Crippen LogP contribution in [0.1, 0.15) is 32.9 Å². The number of aryl methyl sites for hydroxylation is 3. The molecule has 0 amide bonds. The van der Waals surface area contributed by atoms with Gasteiger partial charge in [-0.05, 0) is 38.8 Å². The van der Waals surface area contributed by atoms with Gasteiger partial charge in [-0.15, -0.1) is 0 Å². The lowest BCUT2D eigenvalue weighted by molar-refractivity contribution is 0.0696. The highest BCUT2D eigenvalue weighted by Gasteiger charge is 2.14. The molecule has 0 aliphatic carbocycles. The molecule has 0 atom stereocenters. The molecule has 2 rings (SSSR count). The van der Waals surface area contributed by atoms with Crippen LogP contribution in [0.25, 0.3) is 0 Å². The number of carboxylic acids is 1. The summed E-state index contributed by atoms with van der Waals surface area (Å²) in [5, 5.41) is 12.5. The highest BCUT2D eigenvalue weighted by molar-refractivity contribution is 5.95. The molecule has 21 heavy (non-hydrogen) atoms. The molecule has 0 aliphatic rings. The van der Waals surface area contributed by atoms with E-state index in [9.17, 15) is 9.90 Å². The number of hydrogen-bond donors (Lipinski definition) is 2. The fraction of sp³-hybridized carbons (Fsp3) is 0.294. The van der Waals surface area contributed by atoms with Crippen molar-refractivity contribution < 1.29 is 9.90 Å². The van der Waals surface area contributed by atoms with Gasteiger partial charge in [-0.3, -0.25) is 4.98 Å². The maximum absolute atomic E-state index is 11.4. The Labute approximate surface area is 124 Å². The van der Waals surface area contributed by atoms with Crippen LogP contribution in [0.5, 0.6) is 0 Å². The van der Waals surface area contributed by atoms with Gasteiger partial charge in [0.1, 0.15) is 5.56 Å². The molecule has 2 N–H and O–H groups in total. The molecule has 0 unspecified atom stereocenters. The molecule has 4 heteroatoms. The lowest BCUT2D eigenvalue weighted by Crippen LogP contribution is -2.12. The minimum atomic E-state index is -0.946. The molecule has 0 spiro atoms. The molecule has 0 saturated carbocycles. The third-order valence-electron chi connectivity index (χ3n) is 3.35. The molecule has 0 fully saturated rings. The van der Waals surface area contributed by atoms with Crippen molar-refractivity contribution >= 4 is 11.7 Å². The van der Waals surface area contributed by atoms with Gasteiger partial charge < -0.3 is 10.4 Å². The van der Waals surface area contributed by atoms with E-state index in [-0.39, 0.29) is 5.56 Å². The van der Waals surface area contributed by atoms with E-state index in [0.717, 1.165) is 12.1 Å². The summed E-state index contributed by atoms with van der Waals surface area (Å²) in [7, 11) is 0. The van der Waals surface area contributed by atoms with Gasteiger partial charge >= 0.3 is 5.97 Å². The van der Waals surface area contributed by atoms with Gasteiger partial charge in [-0.25, -0.2) is 4.79 Å². The molecule has 0 bridgehead atoms. The van der Waals surface area contributed by atoms with Crippen LogP contribution in [-0.4, -0.2) is 22.6 Å². The van der Waals surface area contributed by atoms with Crippen LogP contribution in [0.15, 0.2) is 30.3 Å².